The maximum absolute atomic E-state index is 13.4. The van der Waals surface area contributed by atoms with Gasteiger partial charge in [0.2, 0.25) is 6.41 Å². The Morgan fingerprint density at radius 3 is 2.20 bits per heavy atom. The van der Waals surface area contributed by atoms with Crippen LogP contribution >= 0.6 is 0 Å². The normalized spacial score (nSPS) is 17.8. The number of nitrogens with zero attached hydrogens (tertiary/aromatic N) is 3. The molecule has 3 N–H and O–H groups in total. The number of primary amides is 1. The highest BCUT2D eigenvalue weighted by Crippen LogP contribution is 2.21. The number of carbonyl (C=O) groups is 1. The van der Waals surface area contributed by atoms with E-state index in [1.54, 1.807) is 13.0 Å². The molecule has 0 radical (unpaired) electrons. The summed E-state index contributed by atoms with van der Waals surface area (Å²) in [5.41, 5.74) is 7.24. The summed E-state index contributed by atoms with van der Waals surface area (Å²) in [5, 5.41) is 9.49. The zero-order valence-corrected chi connectivity index (χ0v) is 24.7. The maximum atomic E-state index is 13.4. The second kappa shape index (κ2) is 19.8. The van der Waals surface area contributed by atoms with Crippen molar-refractivity contribution in [1.29, 1.82) is 0 Å². The number of aliphatic hydroxyl groups excluding tert-OH is 1. The Labute approximate surface area is 239 Å². The number of likely N-dealkylation sites (tertiary alicyclic amines) is 1. The number of hydrogen-bond acceptors (Lipinski definition) is 5. The van der Waals surface area contributed by atoms with Crippen LogP contribution in [0.4, 0.5) is 8.78 Å². The minimum Gasteiger partial charge on any atom is -0.513 e. The summed E-state index contributed by atoms with van der Waals surface area (Å²) < 4.78 is 26.5. The molecule has 0 aliphatic carbocycles. The first kappa shape index (κ1) is 34.8. The summed E-state index contributed by atoms with van der Waals surface area (Å²) in [6.07, 6.45) is 15.3. The SMILES string of the molecule is C=C(C)/C=C\C=C/C.CCC(=C/N1CCN(C2CCN(Cc3ccc(F)c(F)c3)CC2)CC1)/C=C(\C)O.NC=O. The van der Waals surface area contributed by atoms with Gasteiger partial charge in [-0.25, -0.2) is 8.78 Å². The molecule has 40 heavy (non-hydrogen) atoms. The molecule has 0 saturated carbocycles. The van der Waals surface area contributed by atoms with Crippen molar-refractivity contribution in [2.45, 2.75) is 59.5 Å². The molecule has 0 bridgehead atoms. The Morgan fingerprint density at radius 1 is 1.07 bits per heavy atom. The molecule has 8 heteroatoms. The lowest BCUT2D eigenvalue weighted by Crippen LogP contribution is -2.52. The molecule has 2 saturated heterocycles. The van der Waals surface area contributed by atoms with Crippen molar-refractivity contribution >= 4 is 6.41 Å². The third-order valence-corrected chi connectivity index (χ3v) is 6.65. The van der Waals surface area contributed by atoms with Gasteiger partial charge in [-0.2, -0.15) is 0 Å². The molecule has 0 unspecified atom stereocenters. The first-order chi connectivity index (χ1) is 19.1. The Hall–Kier alpha value is -3.23. The predicted molar refractivity (Wildman–Crippen MR) is 162 cm³/mol. The van der Waals surface area contributed by atoms with Crippen molar-refractivity contribution in [3.05, 3.63) is 95.5 Å². The van der Waals surface area contributed by atoms with E-state index in [4.69, 9.17) is 4.79 Å². The maximum Gasteiger partial charge on any atom is 0.204 e. The number of benzene rings is 1. The van der Waals surface area contributed by atoms with Crippen LogP contribution in [-0.2, 0) is 11.3 Å². The van der Waals surface area contributed by atoms with E-state index in [2.05, 4.69) is 40.1 Å². The molecule has 2 heterocycles. The number of aliphatic hydroxyl groups is 1. The number of hydrogen-bond donors (Lipinski definition) is 2. The van der Waals surface area contributed by atoms with Crippen molar-refractivity contribution in [3.8, 4) is 0 Å². The highest BCUT2D eigenvalue weighted by molar-refractivity contribution is 5.42. The Balaban J connectivity index is 0.000000618. The average molecular weight is 559 g/mol. The lowest BCUT2D eigenvalue weighted by atomic mass is 10.0. The number of amides is 1. The van der Waals surface area contributed by atoms with Crippen molar-refractivity contribution in [2.75, 3.05) is 39.3 Å². The van der Waals surface area contributed by atoms with Gasteiger partial charge in [0.1, 0.15) is 0 Å². The van der Waals surface area contributed by atoms with E-state index in [1.807, 2.05) is 44.2 Å². The predicted octanol–water partition coefficient (Wildman–Crippen LogP) is 6.10. The van der Waals surface area contributed by atoms with Crippen molar-refractivity contribution in [2.24, 2.45) is 5.73 Å². The molecule has 1 amide bonds. The third kappa shape index (κ3) is 14.2. The Morgan fingerprint density at radius 2 is 1.70 bits per heavy atom. The molecule has 1 aromatic rings. The molecular formula is C32H48F2N4O2. The van der Waals surface area contributed by atoms with Crippen LogP contribution in [-0.4, -0.2) is 71.5 Å². The van der Waals surface area contributed by atoms with Crippen LogP contribution in [0.25, 0.3) is 0 Å². The van der Waals surface area contributed by atoms with Gasteiger partial charge in [0, 0.05) is 45.0 Å². The molecule has 2 aliphatic heterocycles. The molecular weight excluding hydrogens is 510 g/mol. The second-order valence-electron chi connectivity index (χ2n) is 10.0. The van der Waals surface area contributed by atoms with Crippen molar-refractivity contribution in [1.82, 2.24) is 14.7 Å². The van der Waals surface area contributed by atoms with Crippen LogP contribution in [0.15, 0.2) is 78.3 Å². The fourth-order valence-electron chi connectivity index (χ4n) is 4.63. The lowest BCUT2D eigenvalue weighted by molar-refractivity contribution is -0.106. The van der Waals surface area contributed by atoms with Crippen LogP contribution < -0.4 is 5.73 Å². The minimum atomic E-state index is -0.782. The van der Waals surface area contributed by atoms with E-state index in [-0.39, 0.29) is 6.41 Å². The standard InChI is InChI=1S/C23H33F2N3O.C8H12.CH3NO/c1-3-19(14-18(2)29)16-27-10-12-28(13-11-27)21-6-8-26(9-7-21)17-20-4-5-22(24)23(25)15-20;1-4-5-6-7-8(2)3;2-1-3/h4-5,14-16,21,29H,3,6-13,17H2,1-2H3;4-7H,2H2,1,3H3;1H,(H2,2,3)/b18-14+,19-16-;5-4-,7-6-;. The van der Waals surface area contributed by atoms with E-state index in [0.29, 0.717) is 18.3 Å². The molecule has 2 aliphatic rings. The first-order valence-corrected chi connectivity index (χ1v) is 14.0. The monoisotopic (exact) mass is 558 g/mol. The average Bonchev–Trinajstić information content (AvgIpc) is 2.92. The van der Waals surface area contributed by atoms with Gasteiger partial charge in [-0.3, -0.25) is 14.6 Å². The topological polar surface area (TPSA) is 73.0 Å². The van der Waals surface area contributed by atoms with Crippen LogP contribution in [0.5, 0.6) is 0 Å². The molecule has 0 spiro atoms. The molecule has 2 fully saturated rings. The van der Waals surface area contributed by atoms with Gasteiger partial charge in [-0.1, -0.05) is 49.4 Å². The summed E-state index contributed by atoms with van der Waals surface area (Å²) in [7, 11) is 0. The van der Waals surface area contributed by atoms with Gasteiger partial charge >= 0.3 is 0 Å². The number of halogens is 2. The summed E-state index contributed by atoms with van der Waals surface area (Å²) >= 11 is 0. The van der Waals surface area contributed by atoms with Gasteiger partial charge < -0.3 is 15.7 Å². The van der Waals surface area contributed by atoms with Crippen LogP contribution in [0.3, 0.4) is 0 Å². The van der Waals surface area contributed by atoms with E-state index in [9.17, 15) is 13.9 Å². The number of piperidine rings is 1. The van der Waals surface area contributed by atoms with Gasteiger partial charge in [0.05, 0.1) is 5.76 Å². The van der Waals surface area contributed by atoms with E-state index in [0.717, 1.165) is 75.2 Å². The van der Waals surface area contributed by atoms with Crippen LogP contribution in [0.2, 0.25) is 0 Å². The van der Waals surface area contributed by atoms with Crippen molar-refractivity contribution in [3.63, 3.8) is 0 Å². The zero-order chi connectivity index (χ0) is 29.9. The van der Waals surface area contributed by atoms with Gasteiger partial charge in [-0.15, -0.1) is 0 Å². The lowest BCUT2D eigenvalue weighted by Gasteiger charge is -2.42. The Bertz CT molecular complexity index is 1020. The summed E-state index contributed by atoms with van der Waals surface area (Å²) in [5.74, 6) is -1.19. The minimum absolute atomic E-state index is 0.250. The number of rotatable bonds is 8. The molecule has 1 aromatic carbocycles. The van der Waals surface area contributed by atoms with E-state index < -0.39 is 11.6 Å². The van der Waals surface area contributed by atoms with Gasteiger partial charge in [0.15, 0.2) is 11.6 Å². The molecule has 0 aromatic heterocycles. The van der Waals surface area contributed by atoms with E-state index >= 15 is 0 Å². The van der Waals surface area contributed by atoms with Crippen LogP contribution in [0.1, 0.15) is 52.5 Å². The highest BCUT2D eigenvalue weighted by Gasteiger charge is 2.27. The fraction of sp³-hybridized carbons (Fsp3) is 0.469. The molecule has 3 rings (SSSR count). The van der Waals surface area contributed by atoms with E-state index in [1.165, 1.54) is 12.1 Å². The molecule has 222 valence electrons. The zero-order valence-electron chi connectivity index (χ0n) is 24.7. The number of piperazine rings is 1. The van der Waals surface area contributed by atoms with Crippen LogP contribution in [0, 0.1) is 11.6 Å². The second-order valence-corrected chi connectivity index (χ2v) is 10.0. The Kier molecular flexibility index (Phi) is 17.2. The highest BCUT2D eigenvalue weighted by atomic mass is 19.2. The molecule has 0 atom stereocenters. The molecule has 6 nitrogen and oxygen atoms in total. The smallest absolute Gasteiger partial charge is 0.204 e. The number of allylic oxidation sites excluding steroid dienone is 8. The first-order valence-electron chi connectivity index (χ1n) is 14.0. The van der Waals surface area contributed by atoms with Crippen molar-refractivity contribution < 1.29 is 18.7 Å². The number of nitrogens with two attached hydrogens (primary N) is 1. The number of carbonyl (C=O) groups excluding carboxylic acids is 1. The fourth-order valence-corrected chi connectivity index (χ4v) is 4.63. The third-order valence-electron chi connectivity index (χ3n) is 6.65. The summed E-state index contributed by atoms with van der Waals surface area (Å²) in [4.78, 5) is 15.9. The van der Waals surface area contributed by atoms with Gasteiger partial charge in [-0.05, 0) is 82.5 Å². The largest absolute Gasteiger partial charge is 0.513 e. The summed E-state index contributed by atoms with van der Waals surface area (Å²) in [6, 6.07) is 4.81. The quantitative estimate of drug-likeness (QED) is 0.229. The summed E-state index contributed by atoms with van der Waals surface area (Å²) in [6.45, 7) is 18.3. The van der Waals surface area contributed by atoms with Gasteiger partial charge in [0.25, 0.3) is 0 Å².